The summed E-state index contributed by atoms with van der Waals surface area (Å²) in [6, 6.07) is 6.36. The zero-order valence-corrected chi connectivity index (χ0v) is 8.01. The van der Waals surface area contributed by atoms with E-state index in [9.17, 15) is 4.79 Å². The minimum absolute atomic E-state index is 0.206. The number of amides is 1. The molecule has 0 fully saturated rings. The Bertz CT molecular complexity index is 295. The van der Waals surface area contributed by atoms with E-state index in [2.05, 4.69) is 5.32 Å². The van der Waals surface area contributed by atoms with Crippen LogP contribution in [0.1, 0.15) is 6.92 Å². The van der Waals surface area contributed by atoms with Crippen molar-refractivity contribution in [3.63, 3.8) is 0 Å². The number of carbonyl (C=O) groups excluding carboxylic acids is 1. The highest BCUT2D eigenvalue weighted by Gasteiger charge is 2.06. The van der Waals surface area contributed by atoms with E-state index in [4.69, 9.17) is 17.3 Å². The Morgan fingerprint density at radius 3 is 2.46 bits per heavy atom. The molecule has 0 spiro atoms. The summed E-state index contributed by atoms with van der Waals surface area (Å²) >= 11 is 5.67. The van der Waals surface area contributed by atoms with Crippen LogP contribution in [-0.4, -0.2) is 11.9 Å². The summed E-state index contributed by atoms with van der Waals surface area (Å²) < 4.78 is 0. The van der Waals surface area contributed by atoms with E-state index in [1.54, 1.807) is 31.2 Å². The van der Waals surface area contributed by atoms with Crippen molar-refractivity contribution < 1.29 is 4.79 Å². The molecule has 1 amide bonds. The van der Waals surface area contributed by atoms with Gasteiger partial charge in [0.15, 0.2) is 0 Å². The fourth-order valence-corrected chi connectivity index (χ4v) is 0.915. The van der Waals surface area contributed by atoms with Crippen molar-refractivity contribution in [1.29, 1.82) is 0 Å². The second-order valence-electron chi connectivity index (χ2n) is 2.78. The summed E-state index contributed by atoms with van der Waals surface area (Å²) in [5.74, 6) is -0.206. The van der Waals surface area contributed by atoms with Gasteiger partial charge in [-0.15, -0.1) is 0 Å². The highest BCUT2D eigenvalue weighted by atomic mass is 35.5. The molecule has 0 saturated heterocycles. The highest BCUT2D eigenvalue weighted by Crippen LogP contribution is 2.13. The van der Waals surface area contributed by atoms with Crippen molar-refractivity contribution in [1.82, 2.24) is 0 Å². The van der Waals surface area contributed by atoms with Crippen molar-refractivity contribution in [3.8, 4) is 0 Å². The largest absolute Gasteiger partial charge is 0.325 e. The van der Waals surface area contributed by atoms with E-state index in [1.807, 2.05) is 0 Å². The summed E-state index contributed by atoms with van der Waals surface area (Å²) in [6.07, 6.45) is 0. The molecule has 3 N–H and O–H groups in total. The first-order chi connectivity index (χ1) is 6.09. The number of anilines is 1. The second kappa shape index (κ2) is 4.25. The van der Waals surface area contributed by atoms with Crippen LogP contribution in [0.2, 0.25) is 5.02 Å². The molecule has 3 nitrogen and oxygen atoms in total. The summed E-state index contributed by atoms with van der Waals surface area (Å²) in [7, 11) is 0. The number of benzene rings is 1. The highest BCUT2D eigenvalue weighted by molar-refractivity contribution is 6.30. The standard InChI is InChI=1S/C9H11ClN2O/c1-6(11)9(13)12-8-4-2-7(10)3-5-8/h2-6H,11H2,1H3,(H,12,13)/t6-/m0/s1. The van der Waals surface area contributed by atoms with Gasteiger partial charge in [0.25, 0.3) is 0 Å². The molecule has 13 heavy (non-hydrogen) atoms. The molecule has 0 unspecified atom stereocenters. The van der Waals surface area contributed by atoms with Gasteiger partial charge in [-0.3, -0.25) is 4.79 Å². The quantitative estimate of drug-likeness (QED) is 0.759. The third kappa shape index (κ3) is 3.05. The van der Waals surface area contributed by atoms with E-state index in [1.165, 1.54) is 0 Å². The molecule has 0 aliphatic carbocycles. The average Bonchev–Trinajstić information content (AvgIpc) is 2.08. The van der Waals surface area contributed by atoms with Crippen LogP contribution in [0, 0.1) is 0 Å². The monoisotopic (exact) mass is 198 g/mol. The molecular formula is C9H11ClN2O. The molecule has 0 aromatic heterocycles. The van der Waals surface area contributed by atoms with E-state index in [0.29, 0.717) is 10.7 Å². The normalized spacial score (nSPS) is 12.2. The Morgan fingerprint density at radius 2 is 2.00 bits per heavy atom. The van der Waals surface area contributed by atoms with Gasteiger partial charge in [-0.25, -0.2) is 0 Å². The van der Waals surface area contributed by atoms with Crippen LogP contribution in [0.5, 0.6) is 0 Å². The number of hydrogen-bond donors (Lipinski definition) is 2. The predicted octanol–water partition coefficient (Wildman–Crippen LogP) is 1.63. The third-order valence-corrected chi connectivity index (χ3v) is 1.78. The van der Waals surface area contributed by atoms with E-state index < -0.39 is 6.04 Å². The Balaban J connectivity index is 2.65. The molecular weight excluding hydrogens is 188 g/mol. The molecule has 4 heteroatoms. The van der Waals surface area contributed by atoms with Gasteiger partial charge in [-0.1, -0.05) is 11.6 Å². The lowest BCUT2D eigenvalue weighted by Crippen LogP contribution is -2.32. The number of rotatable bonds is 2. The van der Waals surface area contributed by atoms with Gasteiger partial charge >= 0.3 is 0 Å². The van der Waals surface area contributed by atoms with Gasteiger partial charge in [0, 0.05) is 10.7 Å². The molecule has 0 aliphatic rings. The van der Waals surface area contributed by atoms with E-state index in [-0.39, 0.29) is 5.91 Å². The van der Waals surface area contributed by atoms with Gasteiger partial charge in [0.2, 0.25) is 5.91 Å². The molecule has 0 heterocycles. The SMILES string of the molecule is C[C@H](N)C(=O)Nc1ccc(Cl)cc1. The number of carbonyl (C=O) groups is 1. The first-order valence-electron chi connectivity index (χ1n) is 3.91. The lowest BCUT2D eigenvalue weighted by molar-refractivity contribution is -0.117. The molecule has 1 aromatic rings. The van der Waals surface area contributed by atoms with Crippen molar-refractivity contribution in [2.45, 2.75) is 13.0 Å². The summed E-state index contributed by atoms with van der Waals surface area (Å²) in [5, 5.41) is 3.28. The third-order valence-electron chi connectivity index (χ3n) is 1.53. The zero-order chi connectivity index (χ0) is 9.84. The molecule has 70 valence electrons. The van der Waals surface area contributed by atoms with E-state index in [0.717, 1.165) is 0 Å². The predicted molar refractivity (Wildman–Crippen MR) is 53.7 cm³/mol. The maximum absolute atomic E-state index is 11.1. The van der Waals surface area contributed by atoms with Crippen LogP contribution in [0.25, 0.3) is 0 Å². The molecule has 0 saturated carbocycles. The van der Waals surface area contributed by atoms with Gasteiger partial charge in [-0.05, 0) is 31.2 Å². The number of nitrogens with one attached hydrogen (secondary N) is 1. The molecule has 0 radical (unpaired) electrons. The Morgan fingerprint density at radius 1 is 1.46 bits per heavy atom. The van der Waals surface area contributed by atoms with Crippen LogP contribution < -0.4 is 11.1 Å². The molecule has 1 rings (SSSR count). The summed E-state index contributed by atoms with van der Waals surface area (Å²) in [4.78, 5) is 11.1. The van der Waals surface area contributed by atoms with Crippen LogP contribution in [0.3, 0.4) is 0 Å². The molecule has 0 bridgehead atoms. The number of halogens is 1. The first kappa shape index (κ1) is 10.0. The summed E-state index contributed by atoms with van der Waals surface area (Å²) in [6.45, 7) is 1.63. The second-order valence-corrected chi connectivity index (χ2v) is 3.22. The van der Waals surface area contributed by atoms with Crippen LogP contribution in [0.4, 0.5) is 5.69 Å². The van der Waals surface area contributed by atoms with Gasteiger partial charge in [0.1, 0.15) is 0 Å². The van der Waals surface area contributed by atoms with E-state index >= 15 is 0 Å². The Hall–Kier alpha value is -1.06. The number of nitrogens with two attached hydrogens (primary N) is 1. The maximum atomic E-state index is 11.1. The summed E-state index contributed by atoms with van der Waals surface area (Å²) in [5.41, 5.74) is 6.08. The lowest BCUT2D eigenvalue weighted by Gasteiger charge is -2.06. The van der Waals surface area contributed by atoms with Crippen molar-refractivity contribution in [3.05, 3.63) is 29.3 Å². The Kier molecular flexibility index (Phi) is 3.28. The van der Waals surface area contributed by atoms with Crippen molar-refractivity contribution >= 4 is 23.2 Å². The Labute approximate surface area is 81.9 Å². The lowest BCUT2D eigenvalue weighted by atomic mass is 10.3. The average molecular weight is 199 g/mol. The van der Waals surface area contributed by atoms with Crippen LogP contribution in [-0.2, 0) is 4.79 Å². The van der Waals surface area contributed by atoms with Crippen LogP contribution >= 0.6 is 11.6 Å². The van der Waals surface area contributed by atoms with Gasteiger partial charge in [-0.2, -0.15) is 0 Å². The number of hydrogen-bond acceptors (Lipinski definition) is 2. The fraction of sp³-hybridized carbons (Fsp3) is 0.222. The molecule has 0 aliphatic heterocycles. The van der Waals surface area contributed by atoms with Crippen LogP contribution in [0.15, 0.2) is 24.3 Å². The topological polar surface area (TPSA) is 55.1 Å². The smallest absolute Gasteiger partial charge is 0.240 e. The van der Waals surface area contributed by atoms with Crippen molar-refractivity contribution in [2.24, 2.45) is 5.73 Å². The van der Waals surface area contributed by atoms with Crippen molar-refractivity contribution in [2.75, 3.05) is 5.32 Å². The first-order valence-corrected chi connectivity index (χ1v) is 4.29. The zero-order valence-electron chi connectivity index (χ0n) is 7.25. The van der Waals surface area contributed by atoms with Gasteiger partial charge < -0.3 is 11.1 Å². The minimum atomic E-state index is -0.504. The minimum Gasteiger partial charge on any atom is -0.325 e. The fourth-order valence-electron chi connectivity index (χ4n) is 0.789. The van der Waals surface area contributed by atoms with Gasteiger partial charge in [0.05, 0.1) is 6.04 Å². The maximum Gasteiger partial charge on any atom is 0.240 e. The molecule has 1 atom stereocenters. The molecule has 1 aromatic carbocycles.